The molecule has 1 N–H and O–H groups in total. The molecule has 4 nitrogen and oxygen atoms in total. The highest BCUT2D eigenvalue weighted by Crippen LogP contribution is 2.27. The quantitative estimate of drug-likeness (QED) is 0.938. The van der Waals surface area contributed by atoms with E-state index in [4.69, 9.17) is 4.52 Å². The minimum absolute atomic E-state index is 0.139. The van der Waals surface area contributed by atoms with Crippen molar-refractivity contribution in [3.8, 4) is 0 Å². The fourth-order valence-electron chi connectivity index (χ4n) is 2.61. The summed E-state index contributed by atoms with van der Waals surface area (Å²) in [6.45, 7) is 7.10. The van der Waals surface area contributed by atoms with Gasteiger partial charge in [-0.15, -0.1) is 11.3 Å². The predicted octanol–water partition coefficient (Wildman–Crippen LogP) is 3.34. The molecule has 0 saturated heterocycles. The molecule has 20 heavy (non-hydrogen) atoms. The molecule has 2 aromatic rings. The Morgan fingerprint density at radius 1 is 1.35 bits per heavy atom. The van der Waals surface area contributed by atoms with Gasteiger partial charge in [-0.05, 0) is 40.0 Å². The van der Waals surface area contributed by atoms with Gasteiger partial charge < -0.3 is 9.84 Å². The van der Waals surface area contributed by atoms with Gasteiger partial charge in [-0.25, -0.2) is 4.98 Å². The second kappa shape index (κ2) is 5.30. The highest BCUT2D eigenvalue weighted by molar-refractivity contribution is 7.09. The van der Waals surface area contributed by atoms with E-state index in [-0.39, 0.29) is 5.54 Å². The van der Waals surface area contributed by atoms with Gasteiger partial charge in [0.25, 0.3) is 0 Å². The third-order valence-electron chi connectivity index (χ3n) is 3.88. The van der Waals surface area contributed by atoms with Crippen molar-refractivity contribution in [2.45, 2.75) is 58.5 Å². The van der Waals surface area contributed by atoms with Crippen molar-refractivity contribution in [3.05, 3.63) is 33.1 Å². The van der Waals surface area contributed by atoms with Crippen LogP contribution in [0.1, 0.15) is 54.4 Å². The Morgan fingerprint density at radius 2 is 2.15 bits per heavy atom. The van der Waals surface area contributed by atoms with E-state index in [1.807, 2.05) is 6.92 Å². The summed E-state index contributed by atoms with van der Waals surface area (Å²) in [5, 5.41) is 11.0. The molecule has 3 rings (SSSR count). The molecule has 0 unspecified atom stereocenters. The van der Waals surface area contributed by atoms with Crippen molar-refractivity contribution < 1.29 is 4.52 Å². The first-order chi connectivity index (χ1) is 9.56. The van der Waals surface area contributed by atoms with Gasteiger partial charge in [0.2, 0.25) is 0 Å². The zero-order valence-electron chi connectivity index (χ0n) is 12.3. The third kappa shape index (κ3) is 2.65. The van der Waals surface area contributed by atoms with Gasteiger partial charge in [-0.3, -0.25) is 0 Å². The van der Waals surface area contributed by atoms with E-state index in [1.165, 1.54) is 18.4 Å². The summed E-state index contributed by atoms with van der Waals surface area (Å²) in [7, 11) is 0. The molecule has 108 valence electrons. The highest BCUT2D eigenvalue weighted by atomic mass is 32.1. The van der Waals surface area contributed by atoms with Crippen LogP contribution in [0.5, 0.6) is 0 Å². The van der Waals surface area contributed by atoms with Gasteiger partial charge in [0.15, 0.2) is 0 Å². The molecule has 0 aliphatic heterocycles. The van der Waals surface area contributed by atoms with Gasteiger partial charge in [-0.2, -0.15) is 0 Å². The van der Waals surface area contributed by atoms with Gasteiger partial charge >= 0.3 is 0 Å². The Morgan fingerprint density at radius 3 is 2.90 bits per heavy atom. The summed E-state index contributed by atoms with van der Waals surface area (Å²) in [4.78, 5) is 4.58. The lowest BCUT2D eigenvalue weighted by Gasteiger charge is -2.23. The Bertz CT molecular complexity index is 600. The summed E-state index contributed by atoms with van der Waals surface area (Å²) < 4.78 is 5.46. The molecular weight excluding hydrogens is 270 g/mol. The Labute approximate surface area is 123 Å². The molecule has 1 aliphatic carbocycles. The highest BCUT2D eigenvalue weighted by Gasteiger charge is 2.25. The first-order valence-corrected chi connectivity index (χ1v) is 8.08. The van der Waals surface area contributed by atoms with E-state index >= 15 is 0 Å². The van der Waals surface area contributed by atoms with Crippen molar-refractivity contribution >= 4 is 11.3 Å². The second-order valence-electron chi connectivity index (χ2n) is 6.01. The number of fused-ring (bicyclic) bond motifs is 1. The number of hydrogen-bond acceptors (Lipinski definition) is 5. The van der Waals surface area contributed by atoms with Crippen LogP contribution in [0.25, 0.3) is 0 Å². The Balaban J connectivity index is 1.71. The maximum atomic E-state index is 5.46. The smallest absolute Gasteiger partial charge is 0.140 e. The number of rotatable bonds is 4. The van der Waals surface area contributed by atoms with Crippen LogP contribution in [0.2, 0.25) is 0 Å². The van der Waals surface area contributed by atoms with Gasteiger partial charge in [0.05, 0.1) is 5.54 Å². The minimum Gasteiger partial charge on any atom is -0.361 e. The van der Waals surface area contributed by atoms with Crippen LogP contribution >= 0.6 is 11.3 Å². The molecule has 0 saturated carbocycles. The average Bonchev–Trinajstić information content (AvgIpc) is 3.03. The van der Waals surface area contributed by atoms with Gasteiger partial charge in [0.1, 0.15) is 16.5 Å². The number of nitrogens with one attached hydrogen (secondary N) is 1. The molecular formula is C15H21N3OS. The molecule has 0 bridgehead atoms. The zero-order chi connectivity index (χ0) is 14.2. The fourth-order valence-corrected chi connectivity index (χ4v) is 3.51. The first-order valence-electron chi connectivity index (χ1n) is 7.20. The maximum absolute atomic E-state index is 5.46. The van der Waals surface area contributed by atoms with Crippen LogP contribution in [0.15, 0.2) is 9.90 Å². The van der Waals surface area contributed by atoms with Crippen LogP contribution < -0.4 is 5.32 Å². The van der Waals surface area contributed by atoms with Crippen LogP contribution in [0.4, 0.5) is 0 Å². The lowest BCUT2D eigenvalue weighted by atomic mass is 9.96. The number of aryl methyl sites for hydroxylation is 2. The summed E-state index contributed by atoms with van der Waals surface area (Å²) in [6.07, 6.45) is 4.61. The summed E-state index contributed by atoms with van der Waals surface area (Å²) in [5.41, 5.74) is 3.34. The third-order valence-corrected chi connectivity index (χ3v) is 5.17. The van der Waals surface area contributed by atoms with Crippen LogP contribution in [-0.2, 0) is 24.9 Å². The summed E-state index contributed by atoms with van der Waals surface area (Å²) in [6, 6.07) is 0. The Hall–Kier alpha value is -1.20. The lowest BCUT2D eigenvalue weighted by molar-refractivity contribution is 0.355. The fraction of sp³-hybridized carbons (Fsp3) is 0.600. The molecule has 0 spiro atoms. The zero-order valence-corrected chi connectivity index (χ0v) is 13.1. The van der Waals surface area contributed by atoms with Crippen LogP contribution in [0.3, 0.4) is 0 Å². The lowest BCUT2D eigenvalue weighted by Crippen LogP contribution is -2.36. The van der Waals surface area contributed by atoms with Crippen molar-refractivity contribution in [2.75, 3.05) is 0 Å². The number of aromatic nitrogens is 2. The maximum Gasteiger partial charge on any atom is 0.140 e. The molecule has 0 radical (unpaired) electrons. The normalized spacial score (nSPS) is 15.3. The van der Waals surface area contributed by atoms with E-state index in [9.17, 15) is 0 Å². The average molecular weight is 291 g/mol. The topological polar surface area (TPSA) is 51.0 Å². The van der Waals surface area contributed by atoms with E-state index in [0.29, 0.717) is 0 Å². The molecule has 0 atom stereocenters. The molecule has 2 heterocycles. The van der Waals surface area contributed by atoms with Crippen molar-refractivity contribution in [3.63, 3.8) is 0 Å². The van der Waals surface area contributed by atoms with Crippen molar-refractivity contribution in [2.24, 2.45) is 0 Å². The predicted molar refractivity (Wildman–Crippen MR) is 79.9 cm³/mol. The number of nitrogens with zero attached hydrogens (tertiary/aromatic N) is 2. The van der Waals surface area contributed by atoms with Crippen LogP contribution in [0, 0.1) is 6.92 Å². The minimum atomic E-state index is -0.139. The molecule has 0 amide bonds. The van der Waals surface area contributed by atoms with Crippen molar-refractivity contribution in [1.82, 2.24) is 15.5 Å². The second-order valence-corrected chi connectivity index (χ2v) is 6.87. The SMILES string of the molecule is Cc1csc(C(C)(C)NCc2noc3c2CCCC3)n1. The van der Waals surface area contributed by atoms with Gasteiger partial charge in [-0.1, -0.05) is 5.16 Å². The van der Waals surface area contributed by atoms with E-state index < -0.39 is 0 Å². The molecule has 5 heteroatoms. The van der Waals surface area contributed by atoms with E-state index in [2.05, 4.69) is 34.7 Å². The molecule has 2 aromatic heterocycles. The molecule has 0 aromatic carbocycles. The number of thiazole rings is 1. The van der Waals surface area contributed by atoms with E-state index in [0.717, 1.165) is 41.5 Å². The largest absolute Gasteiger partial charge is 0.361 e. The summed E-state index contributed by atoms with van der Waals surface area (Å²) >= 11 is 1.71. The summed E-state index contributed by atoms with van der Waals surface area (Å²) in [5.74, 6) is 1.09. The van der Waals surface area contributed by atoms with E-state index in [1.54, 1.807) is 11.3 Å². The molecule has 0 fully saturated rings. The van der Waals surface area contributed by atoms with Crippen molar-refractivity contribution in [1.29, 1.82) is 0 Å². The standard InChI is InChI=1S/C15H21N3OS/c1-10-9-20-14(17-10)15(2,3)16-8-12-11-6-4-5-7-13(11)19-18-12/h9,16H,4-8H2,1-3H3. The Kier molecular flexibility index (Phi) is 3.65. The molecule has 1 aliphatic rings. The van der Waals surface area contributed by atoms with Gasteiger partial charge in [0, 0.05) is 29.6 Å². The monoisotopic (exact) mass is 291 g/mol. The first kappa shape index (κ1) is 13.8. The van der Waals surface area contributed by atoms with Crippen LogP contribution in [-0.4, -0.2) is 10.1 Å². The number of hydrogen-bond donors (Lipinski definition) is 1.